The number of nitrogens with zero attached hydrogens (tertiary/aromatic N) is 1. The largest absolute Gasteiger partial charge is 0.497 e. The normalized spacial score (nSPS) is 10.7. The zero-order valence-electron chi connectivity index (χ0n) is 11.4. The maximum atomic E-state index is 5.81. The molecule has 0 bridgehead atoms. The Balaban J connectivity index is 3.13. The van der Waals surface area contributed by atoms with Crippen molar-refractivity contribution in [2.24, 2.45) is 5.73 Å². The van der Waals surface area contributed by atoms with Crippen LogP contribution < -0.4 is 15.4 Å². The Morgan fingerprint density at radius 1 is 1.35 bits per heavy atom. The molecule has 3 nitrogen and oxygen atoms in total. The van der Waals surface area contributed by atoms with Gasteiger partial charge in [-0.2, -0.15) is 0 Å². The number of methoxy groups -OCH3 is 1. The molecule has 0 heterocycles. The highest BCUT2D eigenvalue weighted by Gasteiger charge is 2.14. The molecule has 3 heteroatoms. The Labute approximate surface area is 105 Å². The van der Waals surface area contributed by atoms with Crippen molar-refractivity contribution in [3.63, 3.8) is 0 Å². The van der Waals surface area contributed by atoms with E-state index in [4.69, 9.17) is 10.5 Å². The van der Waals surface area contributed by atoms with Crippen molar-refractivity contribution in [3.8, 4) is 5.75 Å². The summed E-state index contributed by atoms with van der Waals surface area (Å²) in [5.74, 6) is 0.888. The first-order chi connectivity index (χ1) is 8.13. The predicted molar refractivity (Wildman–Crippen MR) is 73.7 cm³/mol. The van der Waals surface area contributed by atoms with Gasteiger partial charge in [0.25, 0.3) is 0 Å². The molecular weight excluding hydrogens is 212 g/mol. The SMILES string of the molecule is CCCN(c1cc(OC)ccc1CN)C(C)C. The third kappa shape index (κ3) is 3.37. The zero-order valence-corrected chi connectivity index (χ0v) is 11.4. The summed E-state index contributed by atoms with van der Waals surface area (Å²) in [6.45, 7) is 8.20. The van der Waals surface area contributed by atoms with E-state index in [9.17, 15) is 0 Å². The quantitative estimate of drug-likeness (QED) is 0.825. The molecule has 0 aliphatic heterocycles. The van der Waals surface area contributed by atoms with Gasteiger partial charge in [-0.15, -0.1) is 0 Å². The van der Waals surface area contributed by atoms with Crippen LogP contribution in [0.15, 0.2) is 18.2 Å². The topological polar surface area (TPSA) is 38.5 Å². The summed E-state index contributed by atoms with van der Waals surface area (Å²) < 4.78 is 5.29. The van der Waals surface area contributed by atoms with Crippen LogP contribution in [-0.4, -0.2) is 19.7 Å². The Morgan fingerprint density at radius 3 is 2.53 bits per heavy atom. The molecule has 0 aliphatic carbocycles. The van der Waals surface area contributed by atoms with Gasteiger partial charge in [0.05, 0.1) is 7.11 Å². The highest BCUT2D eigenvalue weighted by Crippen LogP contribution is 2.27. The molecule has 0 amide bonds. The van der Waals surface area contributed by atoms with Gasteiger partial charge in [0.15, 0.2) is 0 Å². The predicted octanol–water partition coefficient (Wildman–Crippen LogP) is 2.78. The molecule has 1 aromatic carbocycles. The highest BCUT2D eigenvalue weighted by molar-refractivity contribution is 5.57. The average molecular weight is 236 g/mol. The zero-order chi connectivity index (χ0) is 12.8. The second-order valence-corrected chi connectivity index (χ2v) is 4.49. The van der Waals surface area contributed by atoms with E-state index in [1.54, 1.807) is 7.11 Å². The Morgan fingerprint density at radius 2 is 2.06 bits per heavy atom. The first kappa shape index (κ1) is 13.8. The minimum absolute atomic E-state index is 0.465. The molecule has 1 rings (SSSR count). The third-order valence-electron chi connectivity index (χ3n) is 2.91. The van der Waals surface area contributed by atoms with Crippen molar-refractivity contribution in [2.45, 2.75) is 39.8 Å². The molecule has 96 valence electrons. The van der Waals surface area contributed by atoms with Gasteiger partial charge in [0.1, 0.15) is 5.75 Å². The van der Waals surface area contributed by atoms with Gasteiger partial charge in [-0.25, -0.2) is 0 Å². The standard InChI is InChI=1S/C14H24N2O/c1-5-8-16(11(2)3)14-9-13(17-4)7-6-12(14)10-15/h6-7,9,11H,5,8,10,15H2,1-4H3. The molecule has 0 unspecified atom stereocenters. The van der Waals surface area contributed by atoms with Gasteiger partial charge in [-0.1, -0.05) is 13.0 Å². The molecule has 1 aromatic rings. The van der Waals surface area contributed by atoms with Crippen LogP contribution in [0.4, 0.5) is 5.69 Å². The van der Waals surface area contributed by atoms with Gasteiger partial charge < -0.3 is 15.4 Å². The lowest BCUT2D eigenvalue weighted by atomic mass is 10.1. The van der Waals surface area contributed by atoms with Gasteiger partial charge in [0, 0.05) is 30.9 Å². The van der Waals surface area contributed by atoms with E-state index in [1.807, 2.05) is 6.07 Å². The van der Waals surface area contributed by atoms with Crippen LogP contribution in [0, 0.1) is 0 Å². The summed E-state index contributed by atoms with van der Waals surface area (Å²) in [6.07, 6.45) is 1.12. The van der Waals surface area contributed by atoms with E-state index in [-0.39, 0.29) is 0 Å². The fraction of sp³-hybridized carbons (Fsp3) is 0.571. The lowest BCUT2D eigenvalue weighted by molar-refractivity contribution is 0.414. The molecular formula is C14H24N2O. The summed E-state index contributed by atoms with van der Waals surface area (Å²) in [4.78, 5) is 2.38. The number of rotatable bonds is 6. The molecule has 0 spiro atoms. The van der Waals surface area contributed by atoms with Crippen molar-refractivity contribution in [3.05, 3.63) is 23.8 Å². The highest BCUT2D eigenvalue weighted by atomic mass is 16.5. The van der Waals surface area contributed by atoms with Gasteiger partial charge in [-0.05, 0) is 31.9 Å². The van der Waals surface area contributed by atoms with Crippen LogP contribution >= 0.6 is 0 Å². The lowest BCUT2D eigenvalue weighted by Gasteiger charge is -2.30. The summed E-state index contributed by atoms with van der Waals surface area (Å²) in [5, 5.41) is 0. The van der Waals surface area contributed by atoms with Crippen molar-refractivity contribution in [1.29, 1.82) is 0 Å². The molecule has 17 heavy (non-hydrogen) atoms. The number of hydrogen-bond donors (Lipinski definition) is 1. The fourth-order valence-corrected chi connectivity index (χ4v) is 2.01. The van der Waals surface area contributed by atoms with Crippen molar-refractivity contribution in [1.82, 2.24) is 0 Å². The number of ether oxygens (including phenoxy) is 1. The van der Waals surface area contributed by atoms with Crippen LogP contribution in [-0.2, 0) is 6.54 Å². The lowest BCUT2D eigenvalue weighted by Crippen LogP contribution is -2.32. The molecule has 0 saturated heterocycles. The van der Waals surface area contributed by atoms with E-state index in [0.717, 1.165) is 18.7 Å². The molecule has 0 fully saturated rings. The number of benzene rings is 1. The maximum Gasteiger partial charge on any atom is 0.120 e. The van der Waals surface area contributed by atoms with Crippen LogP contribution in [0.25, 0.3) is 0 Å². The van der Waals surface area contributed by atoms with Gasteiger partial charge in [0.2, 0.25) is 0 Å². The van der Waals surface area contributed by atoms with Crippen molar-refractivity contribution >= 4 is 5.69 Å². The number of hydrogen-bond acceptors (Lipinski definition) is 3. The van der Waals surface area contributed by atoms with Gasteiger partial charge >= 0.3 is 0 Å². The van der Waals surface area contributed by atoms with Crippen LogP contribution in [0.5, 0.6) is 5.75 Å². The summed E-state index contributed by atoms with van der Waals surface area (Å²) in [7, 11) is 1.70. The average Bonchev–Trinajstić information content (AvgIpc) is 2.34. The monoisotopic (exact) mass is 236 g/mol. The second kappa shape index (κ2) is 6.50. The maximum absolute atomic E-state index is 5.81. The van der Waals surface area contributed by atoms with E-state index in [1.165, 1.54) is 11.3 Å². The van der Waals surface area contributed by atoms with Crippen LogP contribution in [0.3, 0.4) is 0 Å². The van der Waals surface area contributed by atoms with Crippen LogP contribution in [0.2, 0.25) is 0 Å². The Hall–Kier alpha value is -1.22. The molecule has 2 N–H and O–H groups in total. The summed E-state index contributed by atoms with van der Waals surface area (Å²) in [5.41, 5.74) is 8.18. The first-order valence-corrected chi connectivity index (χ1v) is 6.27. The third-order valence-corrected chi connectivity index (χ3v) is 2.91. The molecule has 0 aromatic heterocycles. The Bertz CT molecular complexity index is 350. The molecule has 0 radical (unpaired) electrons. The van der Waals surface area contributed by atoms with Crippen molar-refractivity contribution < 1.29 is 4.74 Å². The Kier molecular flexibility index (Phi) is 5.29. The summed E-state index contributed by atoms with van der Waals surface area (Å²) >= 11 is 0. The molecule has 0 aliphatic rings. The van der Waals surface area contributed by atoms with Crippen LogP contribution in [0.1, 0.15) is 32.8 Å². The van der Waals surface area contributed by atoms with E-state index in [0.29, 0.717) is 12.6 Å². The number of nitrogens with two attached hydrogens (primary N) is 1. The summed E-state index contributed by atoms with van der Waals surface area (Å²) in [6, 6.07) is 6.57. The molecule has 0 atom stereocenters. The minimum atomic E-state index is 0.465. The fourth-order valence-electron chi connectivity index (χ4n) is 2.01. The molecule has 0 saturated carbocycles. The van der Waals surface area contributed by atoms with E-state index >= 15 is 0 Å². The van der Waals surface area contributed by atoms with E-state index in [2.05, 4.69) is 37.8 Å². The second-order valence-electron chi connectivity index (χ2n) is 4.49. The van der Waals surface area contributed by atoms with E-state index < -0.39 is 0 Å². The number of anilines is 1. The van der Waals surface area contributed by atoms with Gasteiger partial charge in [-0.3, -0.25) is 0 Å². The first-order valence-electron chi connectivity index (χ1n) is 6.27. The minimum Gasteiger partial charge on any atom is -0.497 e. The smallest absolute Gasteiger partial charge is 0.120 e. The van der Waals surface area contributed by atoms with Crippen molar-refractivity contribution in [2.75, 3.05) is 18.6 Å².